The molecule has 0 saturated heterocycles. The molecule has 0 amide bonds. The van der Waals surface area contributed by atoms with Gasteiger partial charge in [0, 0.05) is 10.3 Å². The highest BCUT2D eigenvalue weighted by Gasteiger charge is 2.19. The first-order valence-corrected chi connectivity index (χ1v) is 9.64. The molecule has 3 heterocycles. The summed E-state index contributed by atoms with van der Waals surface area (Å²) in [7, 11) is 0. The number of hydrogen-bond donors (Lipinski definition) is 1. The van der Waals surface area contributed by atoms with Crippen LogP contribution in [0.25, 0.3) is 10.8 Å². The van der Waals surface area contributed by atoms with E-state index in [1.807, 2.05) is 0 Å². The Morgan fingerprint density at radius 1 is 1.29 bits per heavy atom. The fourth-order valence-corrected chi connectivity index (χ4v) is 3.83. The Balaban J connectivity index is 1.67. The molecule has 3 aromatic rings. The number of thioether (sulfide) groups is 1. The van der Waals surface area contributed by atoms with Crippen molar-refractivity contribution in [1.82, 2.24) is 25.4 Å². The van der Waals surface area contributed by atoms with Crippen molar-refractivity contribution < 1.29 is 4.42 Å². The second-order valence-electron chi connectivity index (χ2n) is 6.58. The van der Waals surface area contributed by atoms with Gasteiger partial charge in [-0.3, -0.25) is 5.10 Å². The summed E-state index contributed by atoms with van der Waals surface area (Å²) in [5, 5.41) is 16.2. The lowest BCUT2D eigenvalue weighted by Crippen LogP contribution is -2.13. The Labute approximate surface area is 149 Å². The zero-order valence-corrected chi connectivity index (χ0v) is 16.1. The third kappa shape index (κ3) is 3.70. The van der Waals surface area contributed by atoms with Gasteiger partial charge in [-0.05, 0) is 25.0 Å². The Bertz CT molecular complexity index is 828. The molecule has 0 aliphatic carbocycles. The molecule has 24 heavy (non-hydrogen) atoms. The van der Waals surface area contributed by atoms with Crippen molar-refractivity contribution in [2.24, 2.45) is 0 Å². The number of thiophene rings is 1. The van der Waals surface area contributed by atoms with Crippen LogP contribution in [0.5, 0.6) is 0 Å². The Hall–Kier alpha value is -1.67. The van der Waals surface area contributed by atoms with Crippen molar-refractivity contribution in [3.05, 3.63) is 28.2 Å². The molecule has 128 valence electrons. The van der Waals surface area contributed by atoms with E-state index < -0.39 is 0 Å². The quantitative estimate of drug-likeness (QED) is 0.678. The van der Waals surface area contributed by atoms with E-state index in [9.17, 15) is 0 Å². The normalized spacial score (nSPS) is 12.0. The topological polar surface area (TPSA) is 80.5 Å². The van der Waals surface area contributed by atoms with E-state index in [0.717, 1.165) is 17.1 Å². The highest BCUT2D eigenvalue weighted by molar-refractivity contribution is 7.98. The largest absolute Gasteiger partial charge is 0.419 e. The maximum atomic E-state index is 5.78. The number of H-pyrrole nitrogens is 1. The van der Waals surface area contributed by atoms with Gasteiger partial charge in [0.15, 0.2) is 0 Å². The number of nitrogens with one attached hydrogen (secondary N) is 1. The Morgan fingerprint density at radius 3 is 2.71 bits per heavy atom. The van der Waals surface area contributed by atoms with Crippen LogP contribution < -0.4 is 0 Å². The van der Waals surface area contributed by atoms with Gasteiger partial charge in [-0.25, -0.2) is 4.98 Å². The van der Waals surface area contributed by atoms with Gasteiger partial charge in [0.05, 0.1) is 10.6 Å². The molecule has 0 atom stereocenters. The van der Waals surface area contributed by atoms with Crippen LogP contribution in [0.15, 0.2) is 15.6 Å². The lowest BCUT2D eigenvalue weighted by atomic mass is 9.96. The van der Waals surface area contributed by atoms with Gasteiger partial charge in [0.25, 0.3) is 5.89 Å². The molecule has 0 fully saturated rings. The zero-order valence-electron chi connectivity index (χ0n) is 14.5. The van der Waals surface area contributed by atoms with Crippen molar-refractivity contribution >= 4 is 23.1 Å². The average Bonchev–Trinajstić information content (AvgIpc) is 3.23. The van der Waals surface area contributed by atoms with Crippen LogP contribution in [0.3, 0.4) is 0 Å². The van der Waals surface area contributed by atoms with E-state index in [1.54, 1.807) is 11.3 Å². The van der Waals surface area contributed by atoms with Gasteiger partial charge in [-0.2, -0.15) is 0 Å². The lowest BCUT2D eigenvalue weighted by Gasteiger charge is -2.12. The molecule has 0 saturated carbocycles. The van der Waals surface area contributed by atoms with E-state index in [2.05, 4.69) is 66.1 Å². The molecule has 1 N–H and O–H groups in total. The fourth-order valence-electron chi connectivity index (χ4n) is 2.16. The van der Waals surface area contributed by atoms with Crippen molar-refractivity contribution in [3.63, 3.8) is 0 Å². The van der Waals surface area contributed by atoms with Crippen LogP contribution in [-0.4, -0.2) is 25.4 Å². The van der Waals surface area contributed by atoms with E-state index >= 15 is 0 Å². The number of hydrogen-bond acceptors (Lipinski definition) is 7. The van der Waals surface area contributed by atoms with Crippen molar-refractivity contribution in [2.45, 2.75) is 57.4 Å². The van der Waals surface area contributed by atoms with Gasteiger partial charge >= 0.3 is 0 Å². The van der Waals surface area contributed by atoms with Gasteiger partial charge in [-0.1, -0.05) is 39.5 Å². The summed E-state index contributed by atoms with van der Waals surface area (Å²) < 4.78 is 5.78. The summed E-state index contributed by atoms with van der Waals surface area (Å²) in [6, 6.07) is 2.11. The first kappa shape index (κ1) is 17.2. The molecule has 6 nitrogen and oxygen atoms in total. The summed E-state index contributed by atoms with van der Waals surface area (Å²) in [6.07, 6.45) is 1.02. The molecule has 0 aromatic carbocycles. The zero-order chi connectivity index (χ0) is 17.3. The van der Waals surface area contributed by atoms with Gasteiger partial charge in [-0.15, -0.1) is 26.6 Å². The van der Waals surface area contributed by atoms with E-state index in [1.165, 1.54) is 22.2 Å². The summed E-state index contributed by atoms with van der Waals surface area (Å²) in [5.41, 5.74) is 1.24. The summed E-state index contributed by atoms with van der Waals surface area (Å²) in [6.45, 7) is 10.6. The monoisotopic (exact) mass is 363 g/mol. The first-order valence-electron chi connectivity index (χ1n) is 7.84. The SMILES string of the molecule is CCc1sc(-c2nnc(CSc3n[nH]c(C(C)(C)C)n3)o2)cc1C. The van der Waals surface area contributed by atoms with Crippen molar-refractivity contribution in [3.8, 4) is 10.8 Å². The van der Waals surface area contributed by atoms with E-state index in [-0.39, 0.29) is 5.41 Å². The van der Waals surface area contributed by atoms with E-state index in [4.69, 9.17) is 4.42 Å². The fraction of sp³-hybridized carbons (Fsp3) is 0.500. The lowest BCUT2D eigenvalue weighted by molar-refractivity contribution is 0.529. The number of aryl methyl sites for hydroxylation is 2. The number of aromatic nitrogens is 5. The minimum Gasteiger partial charge on any atom is -0.419 e. The van der Waals surface area contributed by atoms with Crippen molar-refractivity contribution in [1.29, 1.82) is 0 Å². The number of rotatable bonds is 5. The van der Waals surface area contributed by atoms with Crippen molar-refractivity contribution in [2.75, 3.05) is 0 Å². The summed E-state index contributed by atoms with van der Waals surface area (Å²) in [5.74, 6) is 2.60. The molecular formula is C16H21N5OS2. The second-order valence-corrected chi connectivity index (χ2v) is 8.66. The predicted molar refractivity (Wildman–Crippen MR) is 96.4 cm³/mol. The number of aromatic amines is 1. The minimum absolute atomic E-state index is 0.0442. The summed E-state index contributed by atoms with van der Waals surface area (Å²) in [4.78, 5) is 6.88. The smallest absolute Gasteiger partial charge is 0.257 e. The average molecular weight is 364 g/mol. The van der Waals surface area contributed by atoms with E-state index in [0.29, 0.717) is 22.7 Å². The third-order valence-corrected chi connectivity index (χ3v) is 5.72. The van der Waals surface area contributed by atoms with Gasteiger partial charge in [0.2, 0.25) is 11.0 Å². The maximum absolute atomic E-state index is 5.78. The molecule has 0 aliphatic heterocycles. The van der Waals surface area contributed by atoms with Gasteiger partial charge < -0.3 is 4.42 Å². The van der Waals surface area contributed by atoms with Gasteiger partial charge in [0.1, 0.15) is 5.82 Å². The summed E-state index contributed by atoms with van der Waals surface area (Å²) >= 11 is 3.20. The standard InChI is InChI=1S/C16H21N5OS2/c1-6-10-9(2)7-11(24-10)13-19-18-12(22-13)8-23-15-17-14(20-21-15)16(3,4)5/h7H,6,8H2,1-5H3,(H,17,20,21). The predicted octanol–water partition coefficient (Wildman–Crippen LogP) is 4.38. The first-order chi connectivity index (χ1) is 11.4. The molecule has 0 radical (unpaired) electrons. The van der Waals surface area contributed by atoms with Crippen LogP contribution in [0, 0.1) is 6.92 Å². The minimum atomic E-state index is -0.0442. The molecule has 8 heteroatoms. The molecule has 3 rings (SSSR count). The maximum Gasteiger partial charge on any atom is 0.257 e. The molecule has 0 bridgehead atoms. The van der Waals surface area contributed by atoms with Crippen LogP contribution in [-0.2, 0) is 17.6 Å². The molecular weight excluding hydrogens is 342 g/mol. The number of nitrogens with zero attached hydrogens (tertiary/aromatic N) is 4. The third-order valence-electron chi connectivity index (χ3n) is 3.52. The van der Waals surface area contributed by atoms with Crippen LogP contribution in [0.4, 0.5) is 0 Å². The Kier molecular flexibility index (Phi) is 4.78. The molecule has 0 aliphatic rings. The van der Waals surface area contributed by atoms with Crippen LogP contribution in [0.2, 0.25) is 0 Å². The molecule has 0 unspecified atom stereocenters. The highest BCUT2D eigenvalue weighted by atomic mass is 32.2. The van der Waals surface area contributed by atoms with Crippen LogP contribution >= 0.6 is 23.1 Å². The Morgan fingerprint density at radius 2 is 2.08 bits per heavy atom. The molecule has 0 spiro atoms. The second kappa shape index (κ2) is 6.68. The van der Waals surface area contributed by atoms with Crippen LogP contribution in [0.1, 0.15) is 49.9 Å². The highest BCUT2D eigenvalue weighted by Crippen LogP contribution is 2.31. The molecule has 3 aromatic heterocycles.